The maximum Gasteiger partial charge on any atom is 0.264 e. The van der Waals surface area contributed by atoms with Crippen LogP contribution < -0.4 is 9.62 Å². The van der Waals surface area contributed by atoms with Crippen LogP contribution in [-0.2, 0) is 32.6 Å². The van der Waals surface area contributed by atoms with Crippen LogP contribution in [0.3, 0.4) is 0 Å². The number of amides is 2. The summed E-state index contributed by atoms with van der Waals surface area (Å²) < 4.78 is 29.2. The Balaban J connectivity index is 1.80. The smallest absolute Gasteiger partial charge is 0.264 e. The van der Waals surface area contributed by atoms with Crippen molar-refractivity contribution >= 4 is 50.7 Å². The van der Waals surface area contributed by atoms with Gasteiger partial charge >= 0.3 is 0 Å². The zero-order valence-electron chi connectivity index (χ0n) is 25.3. The van der Waals surface area contributed by atoms with Crippen LogP contribution in [-0.4, -0.2) is 44.3 Å². The molecule has 10 heteroatoms. The summed E-state index contributed by atoms with van der Waals surface area (Å²) in [7, 11) is -4.16. The van der Waals surface area contributed by atoms with E-state index in [0.29, 0.717) is 27.8 Å². The number of aryl methyl sites for hydroxylation is 1. The molecule has 1 N–H and O–H groups in total. The zero-order valence-corrected chi connectivity index (χ0v) is 27.7. The summed E-state index contributed by atoms with van der Waals surface area (Å²) in [6, 6.07) is 28.3. The Morgan fingerprint density at radius 2 is 1.51 bits per heavy atom. The van der Waals surface area contributed by atoms with E-state index in [1.807, 2.05) is 44.2 Å². The standard InChI is InChI=1S/C35H37Cl2N3O4S/c1-3-4-21-38-35(42)33(22-27-11-7-5-8-12-27)39(24-28-17-18-29(36)23-32(28)37)34(41)25-40(30-19-15-26(2)16-20-30)45(43,44)31-13-9-6-10-14-31/h5-20,23,33H,3-4,21-22,24-25H2,1-2H3,(H,38,42). The fourth-order valence-electron chi connectivity index (χ4n) is 4.85. The second kappa shape index (κ2) is 15.9. The van der Waals surface area contributed by atoms with Crippen LogP contribution in [0, 0.1) is 6.92 Å². The van der Waals surface area contributed by atoms with E-state index >= 15 is 0 Å². The van der Waals surface area contributed by atoms with Crippen molar-refractivity contribution in [3.63, 3.8) is 0 Å². The number of rotatable bonds is 14. The highest BCUT2D eigenvalue weighted by Gasteiger charge is 2.34. The topological polar surface area (TPSA) is 86.8 Å². The van der Waals surface area contributed by atoms with E-state index in [0.717, 1.165) is 28.3 Å². The molecule has 1 atom stereocenters. The van der Waals surface area contributed by atoms with E-state index in [4.69, 9.17) is 23.2 Å². The molecule has 0 aromatic heterocycles. The van der Waals surface area contributed by atoms with Crippen molar-refractivity contribution in [2.24, 2.45) is 0 Å². The molecular formula is C35H37Cl2N3O4S. The van der Waals surface area contributed by atoms with Gasteiger partial charge in [-0.25, -0.2) is 8.42 Å². The second-order valence-electron chi connectivity index (χ2n) is 10.8. The van der Waals surface area contributed by atoms with Crippen molar-refractivity contribution in [3.8, 4) is 0 Å². The first-order valence-electron chi connectivity index (χ1n) is 14.8. The number of nitrogens with zero attached hydrogens (tertiary/aromatic N) is 2. The average molecular weight is 667 g/mol. The molecule has 4 aromatic rings. The molecule has 7 nitrogen and oxygen atoms in total. The van der Waals surface area contributed by atoms with Crippen LogP contribution in [0.1, 0.15) is 36.5 Å². The van der Waals surface area contributed by atoms with Crippen molar-refractivity contribution in [1.82, 2.24) is 10.2 Å². The van der Waals surface area contributed by atoms with Gasteiger partial charge in [0, 0.05) is 29.6 Å². The predicted molar refractivity (Wildman–Crippen MR) is 181 cm³/mol. The molecule has 0 spiro atoms. The minimum atomic E-state index is -4.16. The monoisotopic (exact) mass is 665 g/mol. The van der Waals surface area contributed by atoms with Gasteiger partial charge in [-0.1, -0.05) is 109 Å². The van der Waals surface area contributed by atoms with Gasteiger partial charge in [0.1, 0.15) is 12.6 Å². The molecule has 45 heavy (non-hydrogen) atoms. The molecule has 0 aliphatic carbocycles. The second-order valence-corrected chi connectivity index (χ2v) is 13.5. The lowest BCUT2D eigenvalue weighted by atomic mass is 10.0. The van der Waals surface area contributed by atoms with Crippen LogP contribution in [0.4, 0.5) is 5.69 Å². The highest BCUT2D eigenvalue weighted by molar-refractivity contribution is 7.92. The molecule has 0 aliphatic heterocycles. The summed E-state index contributed by atoms with van der Waals surface area (Å²) in [6.45, 7) is 3.79. The van der Waals surface area contributed by atoms with Crippen molar-refractivity contribution < 1.29 is 18.0 Å². The van der Waals surface area contributed by atoms with Crippen molar-refractivity contribution in [1.29, 1.82) is 0 Å². The summed E-state index contributed by atoms with van der Waals surface area (Å²) >= 11 is 12.7. The molecule has 0 saturated heterocycles. The van der Waals surface area contributed by atoms with Gasteiger partial charge in [0.05, 0.1) is 10.6 Å². The predicted octanol–water partition coefficient (Wildman–Crippen LogP) is 7.05. The van der Waals surface area contributed by atoms with E-state index in [2.05, 4.69) is 5.32 Å². The highest BCUT2D eigenvalue weighted by Crippen LogP contribution is 2.27. The maximum atomic E-state index is 14.5. The van der Waals surface area contributed by atoms with E-state index in [1.54, 1.807) is 60.7 Å². The van der Waals surface area contributed by atoms with Gasteiger partial charge in [0.25, 0.3) is 10.0 Å². The Hall–Kier alpha value is -3.85. The van der Waals surface area contributed by atoms with E-state index < -0.39 is 28.5 Å². The van der Waals surface area contributed by atoms with E-state index in [9.17, 15) is 18.0 Å². The molecule has 4 aromatic carbocycles. The largest absolute Gasteiger partial charge is 0.354 e. The molecule has 0 bridgehead atoms. The molecule has 0 fully saturated rings. The van der Waals surface area contributed by atoms with Gasteiger partial charge in [-0.2, -0.15) is 0 Å². The van der Waals surface area contributed by atoms with Crippen molar-refractivity contribution in [2.75, 3.05) is 17.4 Å². The minimum Gasteiger partial charge on any atom is -0.354 e. The van der Waals surface area contributed by atoms with Gasteiger partial charge in [-0.05, 0) is 60.9 Å². The maximum absolute atomic E-state index is 14.5. The number of carbonyl (C=O) groups excluding carboxylic acids is 2. The normalized spacial score (nSPS) is 11.9. The Kier molecular flexibility index (Phi) is 12.0. The van der Waals surface area contributed by atoms with Crippen LogP contribution in [0.2, 0.25) is 10.0 Å². The average Bonchev–Trinajstić information content (AvgIpc) is 3.03. The zero-order chi connectivity index (χ0) is 32.4. The van der Waals surface area contributed by atoms with Gasteiger partial charge in [-0.15, -0.1) is 0 Å². The fraction of sp³-hybridized carbons (Fsp3) is 0.257. The van der Waals surface area contributed by atoms with Crippen LogP contribution in [0.25, 0.3) is 0 Å². The lowest BCUT2D eigenvalue weighted by Gasteiger charge is -2.34. The number of sulfonamides is 1. The SMILES string of the molecule is CCCCNC(=O)C(Cc1ccccc1)N(Cc1ccc(Cl)cc1Cl)C(=O)CN(c1ccc(C)cc1)S(=O)(=O)c1ccccc1. The third kappa shape index (κ3) is 9.10. The third-order valence-electron chi connectivity index (χ3n) is 7.39. The van der Waals surface area contributed by atoms with Crippen molar-refractivity contribution in [3.05, 3.63) is 130 Å². The lowest BCUT2D eigenvalue weighted by Crippen LogP contribution is -2.53. The van der Waals surface area contributed by atoms with Crippen LogP contribution >= 0.6 is 23.2 Å². The summed E-state index contributed by atoms with van der Waals surface area (Å²) in [4.78, 5) is 29.8. The van der Waals surface area contributed by atoms with Crippen molar-refractivity contribution in [2.45, 2.75) is 50.6 Å². The summed E-state index contributed by atoms with van der Waals surface area (Å²) in [5, 5.41) is 3.74. The summed E-state index contributed by atoms with van der Waals surface area (Å²) in [5.41, 5.74) is 2.68. The Morgan fingerprint density at radius 3 is 2.13 bits per heavy atom. The molecule has 4 rings (SSSR count). The fourth-order valence-corrected chi connectivity index (χ4v) is 6.76. The number of unbranched alkanes of at least 4 members (excludes halogenated alkanes) is 1. The van der Waals surface area contributed by atoms with Crippen LogP contribution in [0.15, 0.2) is 108 Å². The molecule has 2 amide bonds. The first kappa shape index (κ1) is 34.0. The lowest BCUT2D eigenvalue weighted by molar-refractivity contribution is -0.140. The number of benzene rings is 4. The number of halogens is 2. The number of hydrogen-bond acceptors (Lipinski definition) is 4. The number of nitrogens with one attached hydrogen (secondary N) is 1. The summed E-state index contributed by atoms with van der Waals surface area (Å²) in [5.74, 6) is -0.897. The summed E-state index contributed by atoms with van der Waals surface area (Å²) in [6.07, 6.45) is 1.87. The van der Waals surface area contributed by atoms with Gasteiger partial charge < -0.3 is 10.2 Å². The molecule has 0 heterocycles. The molecule has 0 radical (unpaired) electrons. The Morgan fingerprint density at radius 1 is 0.867 bits per heavy atom. The quantitative estimate of drug-likeness (QED) is 0.146. The Bertz CT molecular complexity index is 1690. The highest BCUT2D eigenvalue weighted by atomic mass is 35.5. The first-order chi connectivity index (χ1) is 21.6. The van der Waals surface area contributed by atoms with Crippen LogP contribution in [0.5, 0.6) is 0 Å². The Labute approximate surface area is 275 Å². The molecule has 0 aliphatic rings. The van der Waals surface area contributed by atoms with E-state index in [1.165, 1.54) is 17.0 Å². The molecule has 0 saturated carbocycles. The molecule has 236 valence electrons. The van der Waals surface area contributed by atoms with Gasteiger partial charge in [-0.3, -0.25) is 13.9 Å². The molecular weight excluding hydrogens is 629 g/mol. The van der Waals surface area contributed by atoms with E-state index in [-0.39, 0.29) is 23.8 Å². The molecule has 1 unspecified atom stereocenters. The number of hydrogen-bond donors (Lipinski definition) is 1. The number of anilines is 1. The number of carbonyl (C=O) groups is 2. The first-order valence-corrected chi connectivity index (χ1v) is 17.0. The minimum absolute atomic E-state index is 0.0410. The third-order valence-corrected chi connectivity index (χ3v) is 9.76. The van der Waals surface area contributed by atoms with Gasteiger partial charge in [0.2, 0.25) is 11.8 Å². The van der Waals surface area contributed by atoms with Gasteiger partial charge in [0.15, 0.2) is 0 Å².